The molecular weight excluding hydrogens is 204 g/mol. The fourth-order valence-corrected chi connectivity index (χ4v) is 2.14. The first-order valence-electron chi connectivity index (χ1n) is 5.46. The van der Waals surface area contributed by atoms with E-state index in [1.807, 2.05) is 18.0 Å². The number of nitrogens with zero attached hydrogens (tertiary/aromatic N) is 1. The predicted octanol–water partition coefficient (Wildman–Crippen LogP) is 3.00. The first-order chi connectivity index (χ1) is 7.13. The van der Waals surface area contributed by atoms with Crippen LogP contribution < -0.4 is 5.32 Å². The smallest absolute Gasteiger partial charge is 0.0991 e. The Morgan fingerprint density at radius 1 is 1.47 bits per heavy atom. The van der Waals surface area contributed by atoms with E-state index < -0.39 is 0 Å². The number of nitrogens with one attached hydrogen (secondary N) is 1. The summed E-state index contributed by atoms with van der Waals surface area (Å²) in [7, 11) is 0. The summed E-state index contributed by atoms with van der Waals surface area (Å²) in [6, 6.07) is 2.22. The van der Waals surface area contributed by atoms with Crippen LogP contribution in [0, 0.1) is 6.92 Å². The molecule has 1 aromatic heterocycles. The van der Waals surface area contributed by atoms with Crippen molar-refractivity contribution in [3.8, 4) is 0 Å². The molecule has 1 rings (SSSR count). The summed E-state index contributed by atoms with van der Waals surface area (Å²) < 4.78 is 0. The summed E-state index contributed by atoms with van der Waals surface area (Å²) in [6.07, 6.45) is 1.97. The summed E-state index contributed by atoms with van der Waals surface area (Å²) in [6.45, 7) is 10.5. The van der Waals surface area contributed by atoms with Gasteiger partial charge in [-0.1, -0.05) is 26.8 Å². The van der Waals surface area contributed by atoms with Crippen molar-refractivity contribution in [3.63, 3.8) is 0 Å². The van der Waals surface area contributed by atoms with Crippen LogP contribution in [0.4, 0.5) is 0 Å². The van der Waals surface area contributed by atoms with Crippen LogP contribution in [0.25, 0.3) is 0 Å². The Balaban J connectivity index is 2.70. The highest BCUT2D eigenvalue weighted by molar-refractivity contribution is 7.99. The van der Waals surface area contributed by atoms with Gasteiger partial charge in [0.2, 0.25) is 0 Å². The van der Waals surface area contributed by atoms with E-state index in [9.17, 15) is 0 Å². The highest BCUT2D eigenvalue weighted by Crippen LogP contribution is 2.24. The second-order valence-electron chi connectivity index (χ2n) is 3.91. The first kappa shape index (κ1) is 12.5. The van der Waals surface area contributed by atoms with E-state index in [0.29, 0.717) is 5.25 Å². The Hall–Kier alpha value is -0.540. The molecule has 0 atom stereocenters. The molecule has 0 saturated heterocycles. The normalized spacial score (nSPS) is 11.0. The number of thioether (sulfide) groups is 1. The van der Waals surface area contributed by atoms with Crippen molar-refractivity contribution in [2.45, 2.75) is 44.5 Å². The zero-order valence-corrected chi connectivity index (χ0v) is 10.8. The second kappa shape index (κ2) is 6.13. The summed E-state index contributed by atoms with van der Waals surface area (Å²) in [5.41, 5.74) is 2.55. The van der Waals surface area contributed by atoms with Gasteiger partial charge in [-0.15, -0.1) is 11.8 Å². The molecule has 0 aliphatic carbocycles. The molecule has 0 aliphatic rings. The van der Waals surface area contributed by atoms with E-state index in [-0.39, 0.29) is 0 Å². The van der Waals surface area contributed by atoms with Gasteiger partial charge in [0.1, 0.15) is 0 Å². The highest BCUT2D eigenvalue weighted by atomic mass is 32.2. The summed E-state index contributed by atoms with van der Waals surface area (Å²) in [5.74, 6) is 0. The van der Waals surface area contributed by atoms with E-state index in [2.05, 4.69) is 44.1 Å². The third-order valence-electron chi connectivity index (χ3n) is 2.01. The number of pyridine rings is 1. The summed E-state index contributed by atoms with van der Waals surface area (Å²) in [5, 5.41) is 5.06. The minimum Gasteiger partial charge on any atom is -0.313 e. The quantitative estimate of drug-likeness (QED) is 0.778. The van der Waals surface area contributed by atoms with Gasteiger partial charge in [0, 0.05) is 18.0 Å². The first-order valence-corrected chi connectivity index (χ1v) is 6.34. The van der Waals surface area contributed by atoms with Crippen molar-refractivity contribution in [2.75, 3.05) is 6.54 Å². The largest absolute Gasteiger partial charge is 0.313 e. The van der Waals surface area contributed by atoms with Gasteiger partial charge in [-0.3, -0.25) is 0 Å². The van der Waals surface area contributed by atoms with Crippen LogP contribution >= 0.6 is 11.8 Å². The maximum atomic E-state index is 4.49. The average molecular weight is 224 g/mol. The number of rotatable bonds is 5. The lowest BCUT2D eigenvalue weighted by Crippen LogP contribution is -2.12. The number of hydrogen-bond donors (Lipinski definition) is 1. The van der Waals surface area contributed by atoms with Crippen LogP contribution in [0.1, 0.15) is 31.9 Å². The molecule has 0 aromatic carbocycles. The van der Waals surface area contributed by atoms with Gasteiger partial charge in [0.25, 0.3) is 0 Å². The van der Waals surface area contributed by atoms with Crippen LogP contribution in [-0.2, 0) is 6.54 Å². The Kier molecular flexibility index (Phi) is 5.12. The molecular formula is C12H20N2S. The third-order valence-corrected chi connectivity index (χ3v) is 3.14. The van der Waals surface area contributed by atoms with Gasteiger partial charge in [-0.05, 0) is 24.6 Å². The topological polar surface area (TPSA) is 24.9 Å². The van der Waals surface area contributed by atoms with Crippen molar-refractivity contribution >= 4 is 11.8 Å². The standard InChI is InChI=1S/C12H20N2S/c1-5-13-7-11-6-10(4)12(14-8-11)15-9(2)3/h6,8-9,13H,5,7H2,1-4H3. The number of hydrogen-bond acceptors (Lipinski definition) is 3. The summed E-state index contributed by atoms with van der Waals surface area (Å²) >= 11 is 1.83. The lowest BCUT2D eigenvalue weighted by molar-refractivity contribution is 0.721. The van der Waals surface area contributed by atoms with Gasteiger partial charge in [-0.25, -0.2) is 4.98 Å². The van der Waals surface area contributed by atoms with Crippen LogP contribution in [0.5, 0.6) is 0 Å². The predicted molar refractivity (Wildman–Crippen MR) is 67.3 cm³/mol. The summed E-state index contributed by atoms with van der Waals surface area (Å²) in [4.78, 5) is 4.49. The molecule has 2 nitrogen and oxygen atoms in total. The minimum atomic E-state index is 0.593. The second-order valence-corrected chi connectivity index (χ2v) is 5.48. The molecule has 3 heteroatoms. The van der Waals surface area contributed by atoms with E-state index in [1.165, 1.54) is 11.1 Å². The minimum absolute atomic E-state index is 0.593. The third kappa shape index (κ3) is 4.22. The Morgan fingerprint density at radius 2 is 2.20 bits per heavy atom. The van der Waals surface area contributed by atoms with Crippen molar-refractivity contribution in [2.24, 2.45) is 0 Å². The fraction of sp³-hybridized carbons (Fsp3) is 0.583. The van der Waals surface area contributed by atoms with E-state index in [0.717, 1.165) is 18.1 Å². The lowest BCUT2D eigenvalue weighted by Gasteiger charge is -2.09. The molecule has 0 radical (unpaired) electrons. The molecule has 0 unspecified atom stereocenters. The number of aryl methyl sites for hydroxylation is 1. The van der Waals surface area contributed by atoms with Crippen molar-refractivity contribution in [1.82, 2.24) is 10.3 Å². The molecule has 0 amide bonds. The van der Waals surface area contributed by atoms with Crippen molar-refractivity contribution < 1.29 is 0 Å². The monoisotopic (exact) mass is 224 g/mol. The van der Waals surface area contributed by atoms with Gasteiger partial charge in [-0.2, -0.15) is 0 Å². The molecule has 0 fully saturated rings. The Labute approximate surface area is 96.9 Å². The van der Waals surface area contributed by atoms with Gasteiger partial charge in [0.15, 0.2) is 0 Å². The van der Waals surface area contributed by atoms with Crippen LogP contribution in [0.3, 0.4) is 0 Å². The van der Waals surface area contributed by atoms with E-state index >= 15 is 0 Å². The van der Waals surface area contributed by atoms with Crippen molar-refractivity contribution in [1.29, 1.82) is 0 Å². The Morgan fingerprint density at radius 3 is 2.73 bits per heavy atom. The maximum Gasteiger partial charge on any atom is 0.0991 e. The molecule has 84 valence electrons. The van der Waals surface area contributed by atoms with Gasteiger partial charge < -0.3 is 5.32 Å². The molecule has 0 saturated carbocycles. The van der Waals surface area contributed by atoms with Crippen LogP contribution in [0.2, 0.25) is 0 Å². The van der Waals surface area contributed by atoms with Gasteiger partial charge in [0.05, 0.1) is 5.03 Å². The van der Waals surface area contributed by atoms with Crippen molar-refractivity contribution in [3.05, 3.63) is 23.4 Å². The molecule has 0 bridgehead atoms. The molecule has 0 spiro atoms. The maximum absolute atomic E-state index is 4.49. The molecule has 1 N–H and O–H groups in total. The SMILES string of the molecule is CCNCc1cnc(SC(C)C)c(C)c1. The highest BCUT2D eigenvalue weighted by Gasteiger charge is 2.04. The Bertz CT molecular complexity index is 310. The van der Waals surface area contributed by atoms with Crippen LogP contribution in [-0.4, -0.2) is 16.8 Å². The number of aromatic nitrogens is 1. The zero-order valence-electron chi connectivity index (χ0n) is 10.0. The average Bonchev–Trinajstić information content (AvgIpc) is 2.18. The van der Waals surface area contributed by atoms with Crippen LogP contribution in [0.15, 0.2) is 17.3 Å². The fourth-order valence-electron chi connectivity index (χ4n) is 1.33. The van der Waals surface area contributed by atoms with E-state index in [4.69, 9.17) is 0 Å². The zero-order chi connectivity index (χ0) is 11.3. The molecule has 15 heavy (non-hydrogen) atoms. The molecule has 1 aromatic rings. The molecule has 1 heterocycles. The van der Waals surface area contributed by atoms with E-state index in [1.54, 1.807) is 0 Å². The van der Waals surface area contributed by atoms with Gasteiger partial charge >= 0.3 is 0 Å². The lowest BCUT2D eigenvalue weighted by atomic mass is 10.2. The molecule has 0 aliphatic heterocycles.